The van der Waals surface area contributed by atoms with Gasteiger partial charge in [0.1, 0.15) is 11.4 Å². The molecule has 0 saturated heterocycles. The predicted octanol–water partition coefficient (Wildman–Crippen LogP) is 3.65. The third-order valence-corrected chi connectivity index (χ3v) is 5.17. The molecule has 3 N–H and O–H groups in total. The van der Waals surface area contributed by atoms with Crippen LogP contribution < -0.4 is 11.1 Å². The van der Waals surface area contributed by atoms with E-state index in [9.17, 15) is 19.3 Å². The van der Waals surface area contributed by atoms with Gasteiger partial charge in [0.25, 0.3) is 11.6 Å². The second-order valence-electron chi connectivity index (χ2n) is 6.25. The average molecular weight is 388 g/mol. The van der Waals surface area contributed by atoms with E-state index in [1.807, 2.05) is 6.92 Å². The summed E-state index contributed by atoms with van der Waals surface area (Å²) in [5.41, 5.74) is 5.34. The molecule has 27 heavy (non-hydrogen) atoms. The van der Waals surface area contributed by atoms with Crippen LogP contribution in [0.1, 0.15) is 29.3 Å². The van der Waals surface area contributed by atoms with Crippen LogP contribution in [0.15, 0.2) is 47.5 Å². The first-order valence-corrected chi connectivity index (χ1v) is 9.12. The van der Waals surface area contributed by atoms with Gasteiger partial charge in [-0.25, -0.2) is 4.39 Å². The largest absolute Gasteiger partial charge is 0.379 e. The number of nitrogens with one attached hydrogen (secondary N) is 1. The summed E-state index contributed by atoms with van der Waals surface area (Å²) < 4.78 is 14.3. The van der Waals surface area contributed by atoms with Crippen LogP contribution in [0.5, 0.6) is 0 Å². The van der Waals surface area contributed by atoms with Crippen molar-refractivity contribution < 1.29 is 14.1 Å². The molecule has 1 heterocycles. The van der Waals surface area contributed by atoms with Gasteiger partial charge < -0.3 is 11.1 Å². The highest BCUT2D eigenvalue weighted by Crippen LogP contribution is 2.36. The Morgan fingerprint density at radius 3 is 2.81 bits per heavy atom. The number of nitrogens with zero attached hydrogens (tertiary/aromatic N) is 2. The van der Waals surface area contributed by atoms with Crippen molar-refractivity contribution in [1.29, 1.82) is 0 Å². The van der Waals surface area contributed by atoms with Crippen molar-refractivity contribution in [2.45, 2.75) is 18.9 Å². The number of thioether (sulfide) groups is 1. The molecule has 0 spiro atoms. The van der Waals surface area contributed by atoms with Gasteiger partial charge in [-0.3, -0.25) is 19.9 Å². The maximum atomic E-state index is 14.3. The minimum absolute atomic E-state index is 0.0659. The fraction of sp³-hybridized carbons (Fsp3) is 0.222. The SMILES string of the molecule is CC1(c2ccc(F)c(NC(=O)c3ccccc3[N+](=O)[O-])c2)CCSC(N)=N1. The van der Waals surface area contributed by atoms with Crippen molar-refractivity contribution in [3.05, 3.63) is 69.5 Å². The van der Waals surface area contributed by atoms with E-state index in [1.165, 1.54) is 48.2 Å². The van der Waals surface area contributed by atoms with Gasteiger partial charge >= 0.3 is 0 Å². The minimum atomic E-state index is -0.759. The van der Waals surface area contributed by atoms with Gasteiger partial charge in [0, 0.05) is 11.8 Å². The highest BCUT2D eigenvalue weighted by molar-refractivity contribution is 8.13. The average Bonchev–Trinajstić information content (AvgIpc) is 2.63. The summed E-state index contributed by atoms with van der Waals surface area (Å²) in [7, 11) is 0. The molecule has 0 saturated carbocycles. The summed E-state index contributed by atoms with van der Waals surface area (Å²) >= 11 is 1.45. The number of carbonyl (C=O) groups is 1. The molecule has 3 rings (SSSR count). The summed E-state index contributed by atoms with van der Waals surface area (Å²) in [5.74, 6) is -0.622. The lowest BCUT2D eigenvalue weighted by Gasteiger charge is -2.30. The zero-order valence-electron chi connectivity index (χ0n) is 14.4. The number of rotatable bonds is 4. The summed E-state index contributed by atoms with van der Waals surface area (Å²) in [4.78, 5) is 27.4. The number of nitro benzene ring substituents is 1. The van der Waals surface area contributed by atoms with Crippen molar-refractivity contribution in [2.24, 2.45) is 10.7 Å². The molecule has 0 radical (unpaired) electrons. The maximum Gasteiger partial charge on any atom is 0.282 e. The molecular weight excluding hydrogens is 371 g/mol. The fourth-order valence-electron chi connectivity index (χ4n) is 2.87. The Morgan fingerprint density at radius 2 is 2.11 bits per heavy atom. The van der Waals surface area contributed by atoms with Gasteiger partial charge in [-0.15, -0.1) is 0 Å². The predicted molar refractivity (Wildman–Crippen MR) is 103 cm³/mol. The van der Waals surface area contributed by atoms with Gasteiger partial charge in [0.2, 0.25) is 0 Å². The van der Waals surface area contributed by atoms with E-state index in [2.05, 4.69) is 10.3 Å². The first-order chi connectivity index (χ1) is 12.8. The Balaban J connectivity index is 1.93. The van der Waals surface area contributed by atoms with Gasteiger partial charge in [0.05, 0.1) is 16.1 Å². The van der Waals surface area contributed by atoms with Crippen molar-refractivity contribution in [1.82, 2.24) is 0 Å². The van der Waals surface area contributed by atoms with E-state index in [-0.39, 0.29) is 16.9 Å². The molecule has 2 aromatic rings. The monoisotopic (exact) mass is 388 g/mol. The first-order valence-electron chi connectivity index (χ1n) is 8.13. The van der Waals surface area contributed by atoms with E-state index in [0.29, 0.717) is 17.2 Å². The lowest BCUT2D eigenvalue weighted by molar-refractivity contribution is -0.385. The summed E-state index contributed by atoms with van der Waals surface area (Å²) in [6, 6.07) is 9.84. The molecule has 0 aromatic heterocycles. The molecule has 2 aromatic carbocycles. The second kappa shape index (κ2) is 7.36. The molecule has 140 valence electrons. The molecule has 1 aliphatic rings. The minimum Gasteiger partial charge on any atom is -0.379 e. The van der Waals surface area contributed by atoms with Crippen LogP contribution in [-0.4, -0.2) is 21.8 Å². The topological polar surface area (TPSA) is 111 Å². The van der Waals surface area contributed by atoms with Crippen LogP contribution in [0, 0.1) is 15.9 Å². The Morgan fingerprint density at radius 1 is 1.37 bits per heavy atom. The number of nitrogens with two attached hydrogens (primary N) is 1. The molecule has 0 fully saturated rings. The van der Waals surface area contributed by atoms with Crippen LogP contribution in [0.2, 0.25) is 0 Å². The number of amides is 1. The lowest BCUT2D eigenvalue weighted by Crippen LogP contribution is -2.29. The number of hydrogen-bond acceptors (Lipinski definition) is 6. The number of aliphatic imine (C=N–C) groups is 1. The molecule has 9 heteroatoms. The zero-order valence-corrected chi connectivity index (χ0v) is 15.3. The number of para-hydroxylation sites is 1. The van der Waals surface area contributed by atoms with Crippen LogP contribution >= 0.6 is 11.8 Å². The number of hydrogen-bond donors (Lipinski definition) is 2. The molecule has 0 bridgehead atoms. The summed E-state index contributed by atoms with van der Waals surface area (Å²) in [6.07, 6.45) is 0.710. The fourth-order valence-corrected chi connectivity index (χ4v) is 3.84. The molecule has 1 aliphatic heterocycles. The Hall–Kier alpha value is -2.94. The molecule has 1 amide bonds. The van der Waals surface area contributed by atoms with Gasteiger partial charge in [-0.05, 0) is 37.1 Å². The van der Waals surface area contributed by atoms with E-state index >= 15 is 0 Å². The van der Waals surface area contributed by atoms with Crippen LogP contribution in [-0.2, 0) is 5.54 Å². The van der Waals surface area contributed by atoms with Gasteiger partial charge in [-0.1, -0.05) is 30.0 Å². The molecule has 7 nitrogen and oxygen atoms in total. The van der Waals surface area contributed by atoms with Gasteiger partial charge in [-0.2, -0.15) is 0 Å². The summed E-state index contributed by atoms with van der Waals surface area (Å²) in [6.45, 7) is 1.89. The van der Waals surface area contributed by atoms with E-state index in [4.69, 9.17) is 5.73 Å². The van der Waals surface area contributed by atoms with Crippen LogP contribution in [0.4, 0.5) is 15.8 Å². The van der Waals surface area contributed by atoms with E-state index in [1.54, 1.807) is 6.07 Å². The molecule has 1 atom stereocenters. The van der Waals surface area contributed by atoms with E-state index in [0.717, 1.165) is 5.75 Å². The van der Waals surface area contributed by atoms with Crippen LogP contribution in [0.3, 0.4) is 0 Å². The maximum absolute atomic E-state index is 14.3. The summed E-state index contributed by atoms with van der Waals surface area (Å²) in [5, 5.41) is 14.0. The number of benzene rings is 2. The van der Waals surface area contributed by atoms with E-state index < -0.39 is 22.2 Å². The lowest BCUT2D eigenvalue weighted by atomic mass is 9.89. The highest BCUT2D eigenvalue weighted by Gasteiger charge is 2.30. The van der Waals surface area contributed by atoms with Crippen molar-refractivity contribution in [2.75, 3.05) is 11.1 Å². The number of nitro groups is 1. The first kappa shape index (κ1) is 18.8. The Kier molecular flexibility index (Phi) is 5.13. The molecule has 1 unspecified atom stereocenters. The zero-order chi connectivity index (χ0) is 19.6. The third-order valence-electron chi connectivity index (χ3n) is 4.38. The van der Waals surface area contributed by atoms with Crippen LogP contribution in [0.25, 0.3) is 0 Å². The smallest absolute Gasteiger partial charge is 0.282 e. The van der Waals surface area contributed by atoms with Crippen molar-refractivity contribution in [3.63, 3.8) is 0 Å². The Bertz CT molecular complexity index is 950. The van der Waals surface area contributed by atoms with Gasteiger partial charge in [0.15, 0.2) is 5.17 Å². The normalized spacial score (nSPS) is 19.3. The number of halogens is 1. The number of amidine groups is 1. The highest BCUT2D eigenvalue weighted by atomic mass is 32.2. The Labute approximate surface area is 159 Å². The van der Waals surface area contributed by atoms with Crippen molar-refractivity contribution in [3.8, 4) is 0 Å². The quantitative estimate of drug-likeness (QED) is 0.613. The second-order valence-corrected chi connectivity index (χ2v) is 7.36. The number of anilines is 1. The van der Waals surface area contributed by atoms with Crippen molar-refractivity contribution >= 4 is 34.2 Å². The molecule has 0 aliphatic carbocycles. The third kappa shape index (κ3) is 3.92. The standard InChI is InChI=1S/C18H17FN4O3S/c1-18(8-9-27-17(20)22-18)11-6-7-13(19)14(10-11)21-16(24)12-4-2-3-5-15(12)23(25)26/h2-7,10H,8-9H2,1H3,(H2,20,22)(H,21,24). The number of carbonyl (C=O) groups excluding carboxylic acids is 1. The molecular formula is C18H17FN4O3S.